The van der Waals surface area contributed by atoms with Crippen LogP contribution in [-0.2, 0) is 6.42 Å². The molecule has 0 aliphatic carbocycles. The van der Waals surface area contributed by atoms with Gasteiger partial charge in [-0.15, -0.1) is 12.3 Å². The maximum absolute atomic E-state index is 5.56. The number of hydrogen-bond donors (Lipinski definition) is 1. The van der Waals surface area contributed by atoms with E-state index in [9.17, 15) is 0 Å². The second kappa shape index (κ2) is 8.22. The normalized spacial score (nSPS) is 24.4. The second-order valence-corrected chi connectivity index (χ2v) is 6.02. The van der Waals surface area contributed by atoms with Crippen molar-refractivity contribution in [2.75, 3.05) is 13.1 Å². The smallest absolute Gasteiger partial charge is 0.0242 e. The first kappa shape index (κ1) is 16.1. The summed E-state index contributed by atoms with van der Waals surface area (Å²) in [6, 6.07) is 12.4. The molecule has 1 saturated heterocycles. The van der Waals surface area contributed by atoms with E-state index >= 15 is 0 Å². The van der Waals surface area contributed by atoms with Crippen LogP contribution in [0.2, 0.25) is 0 Å². The van der Waals surface area contributed by atoms with Gasteiger partial charge >= 0.3 is 0 Å². The summed E-state index contributed by atoms with van der Waals surface area (Å²) in [7, 11) is 0. The fraction of sp³-hybridized carbons (Fsp3) is 0.579. The number of piperazine rings is 1. The van der Waals surface area contributed by atoms with Crippen LogP contribution in [0.5, 0.6) is 0 Å². The van der Waals surface area contributed by atoms with Crippen molar-refractivity contribution < 1.29 is 0 Å². The van der Waals surface area contributed by atoms with Gasteiger partial charge in [0.2, 0.25) is 0 Å². The molecule has 1 aliphatic rings. The zero-order valence-electron chi connectivity index (χ0n) is 13.4. The fourth-order valence-corrected chi connectivity index (χ4v) is 3.38. The molecule has 1 aromatic rings. The molecule has 1 heterocycles. The molecule has 2 nitrogen and oxygen atoms in total. The molecular weight excluding hydrogens is 256 g/mol. The van der Waals surface area contributed by atoms with Crippen molar-refractivity contribution in [1.82, 2.24) is 10.2 Å². The Bertz CT molecular complexity index is 448. The van der Waals surface area contributed by atoms with E-state index in [1.807, 2.05) is 0 Å². The van der Waals surface area contributed by atoms with Crippen LogP contribution in [-0.4, -0.2) is 36.1 Å². The van der Waals surface area contributed by atoms with Gasteiger partial charge in [0.1, 0.15) is 0 Å². The summed E-state index contributed by atoms with van der Waals surface area (Å²) < 4.78 is 0. The van der Waals surface area contributed by atoms with Crippen LogP contribution in [0.15, 0.2) is 30.3 Å². The molecule has 3 unspecified atom stereocenters. The van der Waals surface area contributed by atoms with Gasteiger partial charge < -0.3 is 5.32 Å². The van der Waals surface area contributed by atoms with Crippen LogP contribution < -0.4 is 5.32 Å². The van der Waals surface area contributed by atoms with Crippen LogP contribution in [0.1, 0.15) is 38.7 Å². The zero-order valence-corrected chi connectivity index (χ0v) is 13.4. The average Bonchev–Trinajstić information content (AvgIpc) is 2.53. The predicted molar refractivity (Wildman–Crippen MR) is 90.3 cm³/mol. The van der Waals surface area contributed by atoms with Crippen LogP contribution in [0.25, 0.3) is 0 Å². The van der Waals surface area contributed by atoms with Gasteiger partial charge in [-0.05, 0) is 24.8 Å². The predicted octanol–water partition coefficient (Wildman–Crippen LogP) is 3.08. The third-order valence-corrected chi connectivity index (χ3v) is 4.63. The molecule has 0 bridgehead atoms. The first-order chi connectivity index (χ1) is 10.3. The lowest BCUT2D eigenvalue weighted by Crippen LogP contribution is -2.59. The van der Waals surface area contributed by atoms with E-state index in [-0.39, 0.29) is 0 Å². The Balaban J connectivity index is 2.02. The second-order valence-electron chi connectivity index (χ2n) is 6.02. The quantitative estimate of drug-likeness (QED) is 0.808. The standard InChI is InChI=1S/C19H28N2/c1-4-10-18(5-2)21-15-17(20-14-19(21)6-3)13-16-11-8-7-9-12-16/h1,7-9,11-12,17-20H,5-6,10,13-15H2,2-3H3. The average molecular weight is 284 g/mol. The van der Waals surface area contributed by atoms with Crippen molar-refractivity contribution in [2.45, 2.75) is 57.7 Å². The topological polar surface area (TPSA) is 15.3 Å². The molecule has 3 atom stereocenters. The Kier molecular flexibility index (Phi) is 6.29. The highest BCUT2D eigenvalue weighted by molar-refractivity contribution is 5.16. The van der Waals surface area contributed by atoms with Crippen molar-refractivity contribution >= 4 is 0 Å². The third kappa shape index (κ3) is 4.33. The highest BCUT2D eigenvalue weighted by Gasteiger charge is 2.30. The summed E-state index contributed by atoms with van der Waals surface area (Å²) in [5.41, 5.74) is 1.41. The number of nitrogens with zero attached hydrogens (tertiary/aromatic N) is 1. The van der Waals surface area contributed by atoms with Gasteiger partial charge in [-0.1, -0.05) is 44.2 Å². The van der Waals surface area contributed by atoms with Crippen molar-refractivity contribution in [1.29, 1.82) is 0 Å². The van der Waals surface area contributed by atoms with Crippen LogP contribution >= 0.6 is 0 Å². The SMILES string of the molecule is C#CCC(CC)N1CC(Cc2ccccc2)NCC1CC. The van der Waals surface area contributed by atoms with Gasteiger partial charge in [-0.3, -0.25) is 4.90 Å². The molecule has 1 aromatic carbocycles. The molecule has 0 spiro atoms. The zero-order chi connectivity index (χ0) is 15.1. The van der Waals surface area contributed by atoms with Crippen LogP contribution in [0, 0.1) is 12.3 Å². The lowest BCUT2D eigenvalue weighted by molar-refractivity contribution is 0.0782. The van der Waals surface area contributed by atoms with Gasteiger partial charge in [0.15, 0.2) is 0 Å². The molecule has 0 saturated carbocycles. The van der Waals surface area contributed by atoms with Gasteiger partial charge in [0.25, 0.3) is 0 Å². The minimum absolute atomic E-state index is 0.528. The maximum atomic E-state index is 5.56. The molecule has 0 aromatic heterocycles. The molecular formula is C19H28N2. The minimum Gasteiger partial charge on any atom is -0.311 e. The van der Waals surface area contributed by atoms with E-state index in [1.165, 1.54) is 12.0 Å². The molecule has 114 valence electrons. The number of rotatable bonds is 6. The van der Waals surface area contributed by atoms with Crippen molar-refractivity contribution in [3.63, 3.8) is 0 Å². The molecule has 21 heavy (non-hydrogen) atoms. The van der Waals surface area contributed by atoms with E-state index in [2.05, 4.69) is 60.3 Å². The Labute approximate surface area is 129 Å². The number of hydrogen-bond acceptors (Lipinski definition) is 2. The highest BCUT2D eigenvalue weighted by Crippen LogP contribution is 2.20. The van der Waals surface area contributed by atoms with Crippen molar-refractivity contribution in [3.8, 4) is 12.3 Å². The number of terminal acetylenes is 1. The summed E-state index contributed by atoms with van der Waals surface area (Å²) in [4.78, 5) is 2.66. The Morgan fingerprint density at radius 3 is 2.71 bits per heavy atom. The third-order valence-electron chi connectivity index (χ3n) is 4.63. The van der Waals surface area contributed by atoms with E-state index < -0.39 is 0 Å². The molecule has 2 heteroatoms. The summed E-state index contributed by atoms with van der Waals surface area (Å²) in [6.07, 6.45) is 9.85. The molecule has 0 amide bonds. The summed E-state index contributed by atoms with van der Waals surface area (Å²) >= 11 is 0. The molecule has 0 radical (unpaired) electrons. The summed E-state index contributed by atoms with van der Waals surface area (Å²) in [5.74, 6) is 2.86. The van der Waals surface area contributed by atoms with Gasteiger partial charge in [-0.2, -0.15) is 0 Å². The number of benzene rings is 1. The van der Waals surface area contributed by atoms with Gasteiger partial charge in [-0.25, -0.2) is 0 Å². The van der Waals surface area contributed by atoms with Crippen LogP contribution in [0.3, 0.4) is 0 Å². The molecule has 1 fully saturated rings. The van der Waals surface area contributed by atoms with Crippen LogP contribution in [0.4, 0.5) is 0 Å². The van der Waals surface area contributed by atoms with E-state index in [0.29, 0.717) is 18.1 Å². The highest BCUT2D eigenvalue weighted by atomic mass is 15.3. The minimum atomic E-state index is 0.528. The Morgan fingerprint density at radius 2 is 2.10 bits per heavy atom. The Morgan fingerprint density at radius 1 is 1.33 bits per heavy atom. The van der Waals surface area contributed by atoms with Crippen molar-refractivity contribution in [3.05, 3.63) is 35.9 Å². The number of nitrogens with one attached hydrogen (secondary N) is 1. The molecule has 1 aliphatic heterocycles. The summed E-state index contributed by atoms with van der Waals surface area (Å²) in [6.45, 7) is 6.71. The molecule has 1 N–H and O–H groups in total. The van der Waals surface area contributed by atoms with E-state index in [0.717, 1.165) is 32.4 Å². The Hall–Kier alpha value is -1.30. The monoisotopic (exact) mass is 284 g/mol. The fourth-order valence-electron chi connectivity index (χ4n) is 3.38. The van der Waals surface area contributed by atoms with Crippen molar-refractivity contribution in [2.24, 2.45) is 0 Å². The van der Waals surface area contributed by atoms with E-state index in [1.54, 1.807) is 0 Å². The largest absolute Gasteiger partial charge is 0.311 e. The first-order valence-corrected chi connectivity index (χ1v) is 8.25. The summed E-state index contributed by atoms with van der Waals surface area (Å²) in [5, 5.41) is 3.73. The first-order valence-electron chi connectivity index (χ1n) is 8.25. The van der Waals surface area contributed by atoms with Gasteiger partial charge in [0.05, 0.1) is 0 Å². The van der Waals surface area contributed by atoms with Gasteiger partial charge in [0, 0.05) is 37.6 Å². The molecule has 2 rings (SSSR count). The van der Waals surface area contributed by atoms with E-state index in [4.69, 9.17) is 6.42 Å². The lowest BCUT2D eigenvalue weighted by atomic mass is 9.97. The maximum Gasteiger partial charge on any atom is 0.0242 e. The lowest BCUT2D eigenvalue weighted by Gasteiger charge is -2.44.